The maximum absolute atomic E-state index is 10.1. The van der Waals surface area contributed by atoms with Gasteiger partial charge in [-0.3, -0.25) is 9.98 Å². The lowest BCUT2D eigenvalue weighted by atomic mass is 9.87. The number of nitrogens with one attached hydrogen (secondary N) is 1. The van der Waals surface area contributed by atoms with Gasteiger partial charge in [0.2, 0.25) is 0 Å². The van der Waals surface area contributed by atoms with Gasteiger partial charge in [-0.05, 0) is 29.3 Å². The number of allylic oxidation sites excluding steroid dienone is 3. The van der Waals surface area contributed by atoms with Crippen LogP contribution in [-0.2, 0) is 6.54 Å². The lowest BCUT2D eigenvalue weighted by molar-refractivity contribution is 0.399. The third-order valence-electron chi connectivity index (χ3n) is 4.86. The molecule has 0 saturated heterocycles. The summed E-state index contributed by atoms with van der Waals surface area (Å²) >= 11 is 6.50. The normalized spacial score (nSPS) is 15.8. The van der Waals surface area contributed by atoms with Crippen LogP contribution in [0.4, 0.5) is 0 Å². The molecule has 0 spiro atoms. The summed E-state index contributed by atoms with van der Waals surface area (Å²) in [5, 5.41) is 14.1. The predicted molar refractivity (Wildman–Crippen MR) is 114 cm³/mol. The number of rotatable bonds is 5. The Morgan fingerprint density at radius 2 is 2.10 bits per heavy atom. The average Bonchev–Trinajstić information content (AvgIpc) is 2.77. The molecule has 0 unspecified atom stereocenters. The molecule has 0 aliphatic carbocycles. The van der Waals surface area contributed by atoms with Crippen LogP contribution in [0.1, 0.15) is 11.1 Å². The largest absolute Gasteiger partial charge is 0.366 e. The number of benzene rings is 1. The summed E-state index contributed by atoms with van der Waals surface area (Å²) in [5.41, 5.74) is 11.0. The first-order chi connectivity index (χ1) is 14.2. The van der Waals surface area contributed by atoms with Crippen molar-refractivity contribution in [1.29, 1.82) is 5.26 Å². The van der Waals surface area contributed by atoms with Gasteiger partial charge in [-0.2, -0.15) is 5.26 Å². The number of hydrogen-bond acceptors (Lipinski definition) is 6. The van der Waals surface area contributed by atoms with Crippen LogP contribution in [0.25, 0.3) is 5.57 Å². The summed E-state index contributed by atoms with van der Waals surface area (Å²) in [5.74, 6) is 0.687. The van der Waals surface area contributed by atoms with Gasteiger partial charge in [0.15, 0.2) is 0 Å². The van der Waals surface area contributed by atoms with Crippen molar-refractivity contribution >= 4 is 23.4 Å². The highest BCUT2D eigenvalue weighted by molar-refractivity contribution is 6.32. The van der Waals surface area contributed by atoms with Gasteiger partial charge in [0.25, 0.3) is 0 Å². The molecule has 0 bridgehead atoms. The van der Waals surface area contributed by atoms with Gasteiger partial charge in [0, 0.05) is 47.9 Å². The molecule has 29 heavy (non-hydrogen) atoms. The molecule has 0 amide bonds. The van der Waals surface area contributed by atoms with E-state index in [4.69, 9.17) is 17.3 Å². The smallest absolute Gasteiger partial charge is 0.127 e. The Balaban J connectivity index is 1.88. The molecule has 4 rings (SSSR count). The molecule has 3 N–H and O–H groups in total. The Morgan fingerprint density at radius 1 is 1.24 bits per heavy atom. The van der Waals surface area contributed by atoms with Gasteiger partial charge in [-0.15, -0.1) is 0 Å². The first-order valence-corrected chi connectivity index (χ1v) is 9.56. The number of fused-ring (bicyclic) bond motifs is 1. The van der Waals surface area contributed by atoms with E-state index in [0.29, 0.717) is 29.6 Å². The van der Waals surface area contributed by atoms with Gasteiger partial charge < -0.3 is 16.0 Å². The lowest BCUT2D eigenvalue weighted by Crippen LogP contribution is -2.38. The van der Waals surface area contributed by atoms with Gasteiger partial charge >= 0.3 is 0 Å². The average molecular weight is 403 g/mol. The van der Waals surface area contributed by atoms with Gasteiger partial charge in [0.05, 0.1) is 5.70 Å². The topological polar surface area (TPSA) is 90.3 Å². The molecule has 3 heterocycles. The maximum atomic E-state index is 10.1. The summed E-state index contributed by atoms with van der Waals surface area (Å²) in [6.45, 7) is 1.21. The zero-order valence-corrected chi connectivity index (χ0v) is 16.4. The Bertz CT molecular complexity index is 1090. The number of nitrogens with zero attached hydrogens (tertiary/aromatic N) is 4. The highest BCUT2D eigenvalue weighted by Gasteiger charge is 2.32. The van der Waals surface area contributed by atoms with Crippen molar-refractivity contribution in [3.63, 3.8) is 0 Å². The van der Waals surface area contributed by atoms with Crippen molar-refractivity contribution in [1.82, 2.24) is 15.2 Å². The number of halogens is 1. The van der Waals surface area contributed by atoms with E-state index >= 15 is 0 Å². The molecule has 2 aliphatic rings. The molecule has 2 aliphatic heterocycles. The molecule has 6 nitrogen and oxygen atoms in total. The summed E-state index contributed by atoms with van der Waals surface area (Å²) < 4.78 is 0. The Kier molecular flexibility index (Phi) is 5.43. The van der Waals surface area contributed by atoms with E-state index in [0.717, 1.165) is 28.0 Å². The van der Waals surface area contributed by atoms with E-state index in [-0.39, 0.29) is 6.54 Å². The Hall–Kier alpha value is -3.40. The second-order valence-corrected chi connectivity index (χ2v) is 6.95. The Morgan fingerprint density at radius 3 is 2.83 bits per heavy atom. The molecule has 7 heteroatoms. The van der Waals surface area contributed by atoms with E-state index in [1.807, 2.05) is 47.4 Å². The van der Waals surface area contributed by atoms with Crippen molar-refractivity contribution in [3.8, 4) is 6.07 Å². The second kappa shape index (κ2) is 8.31. The summed E-state index contributed by atoms with van der Waals surface area (Å²) in [7, 11) is 0. The minimum atomic E-state index is 0.276. The fourth-order valence-electron chi connectivity index (χ4n) is 3.55. The number of nitrogens with two attached hydrogens (primary N) is 1. The SMILES string of the molecule is N#CC1=C(NCc2cccnc2)N2CN=CC=C2C(CN)=C1c1ccccc1Cl. The molecule has 0 saturated carbocycles. The van der Waals surface area contributed by atoms with Crippen LogP contribution in [0.3, 0.4) is 0 Å². The highest BCUT2D eigenvalue weighted by Crippen LogP contribution is 2.41. The summed E-state index contributed by atoms with van der Waals surface area (Å²) in [4.78, 5) is 10.5. The zero-order valence-electron chi connectivity index (χ0n) is 15.6. The van der Waals surface area contributed by atoms with Crippen LogP contribution in [-0.4, -0.2) is 29.3 Å². The molecule has 1 aromatic carbocycles. The minimum absolute atomic E-state index is 0.276. The lowest BCUT2D eigenvalue weighted by Gasteiger charge is -2.37. The van der Waals surface area contributed by atoms with Crippen LogP contribution in [0.15, 0.2) is 82.5 Å². The van der Waals surface area contributed by atoms with Crippen molar-refractivity contribution in [2.24, 2.45) is 10.7 Å². The fourth-order valence-corrected chi connectivity index (χ4v) is 3.78. The molecule has 144 valence electrons. The number of nitriles is 1. The van der Waals surface area contributed by atoms with Crippen molar-refractivity contribution in [3.05, 3.63) is 93.7 Å². The van der Waals surface area contributed by atoms with Crippen molar-refractivity contribution < 1.29 is 0 Å². The number of pyridine rings is 1. The standard InChI is InChI=1S/C22H19ClN6/c23-19-6-2-1-5-16(19)21-17(10-24)20-7-9-27-14-29(20)22(18(21)11-25)28-13-15-4-3-8-26-12-15/h1-9,12,28H,10,13-14,24H2. The van der Waals surface area contributed by atoms with Crippen LogP contribution in [0.2, 0.25) is 5.02 Å². The van der Waals surface area contributed by atoms with Crippen LogP contribution in [0, 0.1) is 11.3 Å². The van der Waals surface area contributed by atoms with E-state index in [9.17, 15) is 5.26 Å². The monoisotopic (exact) mass is 402 g/mol. The first kappa shape index (κ1) is 18.9. The molecule has 0 fully saturated rings. The van der Waals surface area contributed by atoms with Gasteiger partial charge in [-0.1, -0.05) is 35.9 Å². The number of hydrogen-bond donors (Lipinski definition) is 2. The maximum Gasteiger partial charge on any atom is 0.127 e. The minimum Gasteiger partial charge on any atom is -0.366 e. The van der Waals surface area contributed by atoms with Crippen molar-refractivity contribution in [2.45, 2.75) is 6.54 Å². The highest BCUT2D eigenvalue weighted by atomic mass is 35.5. The molecular weight excluding hydrogens is 384 g/mol. The zero-order chi connectivity index (χ0) is 20.2. The molecule has 2 aromatic rings. The third-order valence-corrected chi connectivity index (χ3v) is 5.19. The molecular formula is C22H19ClN6. The van der Waals surface area contributed by atoms with Gasteiger partial charge in [0.1, 0.15) is 24.1 Å². The number of aromatic nitrogens is 1. The molecule has 1 aromatic heterocycles. The van der Waals surface area contributed by atoms with E-state index in [1.165, 1.54) is 0 Å². The third kappa shape index (κ3) is 3.54. The number of aliphatic imine (C=N–C) groups is 1. The van der Waals surface area contributed by atoms with Gasteiger partial charge in [-0.25, -0.2) is 0 Å². The van der Waals surface area contributed by atoms with Crippen LogP contribution in [0.5, 0.6) is 0 Å². The van der Waals surface area contributed by atoms with E-state index < -0.39 is 0 Å². The van der Waals surface area contributed by atoms with Crippen molar-refractivity contribution in [2.75, 3.05) is 13.2 Å². The van der Waals surface area contributed by atoms with Crippen LogP contribution >= 0.6 is 11.6 Å². The van der Waals surface area contributed by atoms with E-state index in [1.54, 1.807) is 18.6 Å². The van der Waals surface area contributed by atoms with E-state index in [2.05, 4.69) is 21.4 Å². The quantitative estimate of drug-likeness (QED) is 0.801. The van der Waals surface area contributed by atoms with Crippen LogP contribution < -0.4 is 11.1 Å². The second-order valence-electron chi connectivity index (χ2n) is 6.54. The predicted octanol–water partition coefficient (Wildman–Crippen LogP) is 3.21. The first-order valence-electron chi connectivity index (χ1n) is 9.18. The summed E-state index contributed by atoms with van der Waals surface area (Å²) in [6.07, 6.45) is 7.21. The molecule has 0 atom stereocenters. The fraction of sp³-hybridized carbons (Fsp3) is 0.136. The Labute approximate surface area is 174 Å². The summed E-state index contributed by atoms with van der Waals surface area (Å²) in [6, 6.07) is 13.7. The molecule has 0 radical (unpaired) electrons.